The Hall–Kier alpha value is -4.10. The largest absolute Gasteiger partial charge is 0.489 e. The predicted molar refractivity (Wildman–Crippen MR) is 131 cm³/mol. The maximum Gasteiger partial charge on any atom is 0.129 e. The number of nitrogens with zero attached hydrogens (tertiary/aromatic N) is 2. The normalized spacial score (nSPS) is 11.3. The summed E-state index contributed by atoms with van der Waals surface area (Å²) in [6.07, 6.45) is 1.94. The molecule has 0 N–H and O–H groups in total. The Morgan fingerprint density at radius 2 is 1.67 bits per heavy atom. The topological polar surface area (TPSA) is 38.0 Å². The van der Waals surface area contributed by atoms with Crippen LogP contribution in [0.5, 0.6) is 5.75 Å². The molecule has 0 spiro atoms. The van der Waals surface area contributed by atoms with Gasteiger partial charge in [0.05, 0.1) is 11.6 Å². The molecule has 0 aliphatic rings. The van der Waals surface area contributed by atoms with Crippen LogP contribution < -0.4 is 4.74 Å². The molecule has 4 rings (SSSR count). The van der Waals surface area contributed by atoms with Gasteiger partial charge in [0, 0.05) is 22.6 Å². The van der Waals surface area contributed by atoms with Crippen LogP contribution in [0, 0.1) is 37.9 Å². The number of hydrogen-bond acceptors (Lipinski definition) is 2. The standard InChI is InChI=1S/C29H25FN2O/c1-20-8-10-23(11-9-20)26(18-31)17-25-16-21(2)32(22(25)3)27-12-14-28(15-13-27)33-19-24-6-4-5-7-29(24)30/h4-17H,19H2,1-3H3/b26-17-. The van der Waals surface area contributed by atoms with E-state index in [9.17, 15) is 9.65 Å². The summed E-state index contributed by atoms with van der Waals surface area (Å²) in [6, 6.07) is 26.7. The van der Waals surface area contributed by atoms with Gasteiger partial charge in [0.1, 0.15) is 18.2 Å². The first-order chi connectivity index (χ1) is 16.0. The molecule has 0 saturated heterocycles. The number of hydrogen-bond donors (Lipinski definition) is 0. The first-order valence-corrected chi connectivity index (χ1v) is 10.8. The van der Waals surface area contributed by atoms with Gasteiger partial charge < -0.3 is 9.30 Å². The van der Waals surface area contributed by atoms with Crippen LogP contribution in [0.3, 0.4) is 0 Å². The highest BCUT2D eigenvalue weighted by Gasteiger charge is 2.11. The molecule has 0 bridgehead atoms. The summed E-state index contributed by atoms with van der Waals surface area (Å²) >= 11 is 0. The van der Waals surface area contributed by atoms with E-state index in [1.807, 2.05) is 75.4 Å². The lowest BCUT2D eigenvalue weighted by molar-refractivity contribution is 0.300. The van der Waals surface area contributed by atoms with Gasteiger partial charge in [-0.3, -0.25) is 0 Å². The minimum absolute atomic E-state index is 0.179. The Balaban J connectivity index is 1.57. The molecule has 3 aromatic carbocycles. The molecule has 0 aliphatic heterocycles. The highest BCUT2D eigenvalue weighted by Crippen LogP contribution is 2.27. The van der Waals surface area contributed by atoms with Gasteiger partial charge in [0.25, 0.3) is 0 Å². The lowest BCUT2D eigenvalue weighted by atomic mass is 10.0. The third-order valence-corrected chi connectivity index (χ3v) is 5.70. The molecule has 4 heteroatoms. The number of rotatable bonds is 6. The zero-order chi connectivity index (χ0) is 23.4. The van der Waals surface area contributed by atoms with Gasteiger partial charge in [0.2, 0.25) is 0 Å². The van der Waals surface area contributed by atoms with Crippen molar-refractivity contribution in [1.29, 1.82) is 5.26 Å². The fraction of sp³-hybridized carbons (Fsp3) is 0.138. The Morgan fingerprint density at radius 1 is 0.970 bits per heavy atom. The van der Waals surface area contributed by atoms with Gasteiger partial charge in [-0.25, -0.2) is 4.39 Å². The summed E-state index contributed by atoms with van der Waals surface area (Å²) in [5, 5.41) is 9.71. The second-order valence-electron chi connectivity index (χ2n) is 8.07. The third kappa shape index (κ3) is 4.88. The van der Waals surface area contributed by atoms with Gasteiger partial charge in [-0.15, -0.1) is 0 Å². The first-order valence-electron chi connectivity index (χ1n) is 10.8. The molecule has 3 nitrogen and oxygen atoms in total. The van der Waals surface area contributed by atoms with Crippen LogP contribution in [0.1, 0.15) is 33.6 Å². The van der Waals surface area contributed by atoms with Crippen molar-refractivity contribution in [3.63, 3.8) is 0 Å². The molecule has 0 atom stereocenters. The molecule has 1 heterocycles. The summed E-state index contributed by atoms with van der Waals surface area (Å²) in [4.78, 5) is 0. The van der Waals surface area contributed by atoms with Crippen LogP contribution in [0.2, 0.25) is 0 Å². The molecule has 0 unspecified atom stereocenters. The first kappa shape index (κ1) is 22.1. The number of allylic oxidation sites excluding steroid dienone is 1. The summed E-state index contributed by atoms with van der Waals surface area (Å²) in [5.74, 6) is 0.409. The smallest absolute Gasteiger partial charge is 0.129 e. The zero-order valence-corrected chi connectivity index (χ0v) is 19.0. The zero-order valence-electron chi connectivity index (χ0n) is 19.0. The summed E-state index contributed by atoms with van der Waals surface area (Å²) < 4.78 is 21.7. The van der Waals surface area contributed by atoms with Crippen molar-refractivity contribution < 1.29 is 9.13 Å². The maximum atomic E-state index is 13.8. The number of aryl methyl sites for hydroxylation is 2. The highest BCUT2D eigenvalue weighted by molar-refractivity contribution is 5.90. The second-order valence-corrected chi connectivity index (χ2v) is 8.07. The maximum absolute atomic E-state index is 13.8. The van der Waals surface area contributed by atoms with E-state index in [4.69, 9.17) is 4.74 Å². The van der Waals surface area contributed by atoms with Crippen molar-refractivity contribution >= 4 is 11.6 Å². The third-order valence-electron chi connectivity index (χ3n) is 5.70. The van der Waals surface area contributed by atoms with Gasteiger partial charge in [-0.05, 0) is 74.4 Å². The fourth-order valence-electron chi connectivity index (χ4n) is 3.87. The number of benzene rings is 3. The van der Waals surface area contributed by atoms with E-state index in [2.05, 4.69) is 16.7 Å². The quantitative estimate of drug-likeness (QED) is 0.300. The summed E-state index contributed by atoms with van der Waals surface area (Å²) in [5.41, 5.74) is 7.34. The Bertz CT molecular complexity index is 1340. The van der Waals surface area contributed by atoms with Crippen molar-refractivity contribution in [3.05, 3.63) is 118 Å². The Labute approximate surface area is 194 Å². The molecule has 0 fully saturated rings. The molecule has 33 heavy (non-hydrogen) atoms. The van der Waals surface area contributed by atoms with Crippen LogP contribution in [0.15, 0.2) is 78.9 Å². The molecule has 164 valence electrons. The van der Waals surface area contributed by atoms with E-state index in [0.717, 1.165) is 33.8 Å². The predicted octanol–water partition coefficient (Wildman–Crippen LogP) is 7.18. The van der Waals surface area contributed by atoms with Crippen LogP contribution in [0.25, 0.3) is 17.3 Å². The van der Waals surface area contributed by atoms with E-state index in [0.29, 0.717) is 16.9 Å². The lowest BCUT2D eigenvalue weighted by Gasteiger charge is -2.12. The molecule has 0 aliphatic carbocycles. The number of nitriles is 1. The molecule has 0 amide bonds. The Morgan fingerprint density at radius 3 is 2.33 bits per heavy atom. The van der Waals surface area contributed by atoms with Crippen LogP contribution in [0.4, 0.5) is 4.39 Å². The van der Waals surface area contributed by atoms with Gasteiger partial charge >= 0.3 is 0 Å². The van der Waals surface area contributed by atoms with Crippen molar-refractivity contribution in [2.75, 3.05) is 0 Å². The Kier molecular flexibility index (Phi) is 6.42. The van der Waals surface area contributed by atoms with Crippen LogP contribution >= 0.6 is 0 Å². The molecule has 4 aromatic rings. The second kappa shape index (κ2) is 9.58. The fourth-order valence-corrected chi connectivity index (χ4v) is 3.87. The number of halogens is 1. The minimum atomic E-state index is -0.268. The minimum Gasteiger partial charge on any atom is -0.489 e. The highest BCUT2D eigenvalue weighted by atomic mass is 19.1. The van der Waals surface area contributed by atoms with E-state index < -0.39 is 0 Å². The summed E-state index contributed by atoms with van der Waals surface area (Å²) in [6.45, 7) is 6.30. The van der Waals surface area contributed by atoms with Crippen molar-refractivity contribution in [2.24, 2.45) is 0 Å². The molecular formula is C29H25FN2O. The number of ether oxygens (including phenoxy) is 1. The van der Waals surface area contributed by atoms with Gasteiger partial charge in [-0.2, -0.15) is 5.26 Å². The molecular weight excluding hydrogens is 411 g/mol. The lowest BCUT2D eigenvalue weighted by Crippen LogP contribution is -2.01. The van der Waals surface area contributed by atoms with Gasteiger partial charge in [0.15, 0.2) is 0 Å². The van der Waals surface area contributed by atoms with Gasteiger partial charge in [-0.1, -0.05) is 48.0 Å². The monoisotopic (exact) mass is 436 g/mol. The van der Waals surface area contributed by atoms with E-state index >= 15 is 0 Å². The molecule has 0 saturated carbocycles. The average Bonchev–Trinajstić information content (AvgIpc) is 3.10. The van der Waals surface area contributed by atoms with E-state index in [-0.39, 0.29) is 12.4 Å². The van der Waals surface area contributed by atoms with E-state index in [1.54, 1.807) is 18.2 Å². The van der Waals surface area contributed by atoms with Crippen LogP contribution in [-0.2, 0) is 6.61 Å². The summed E-state index contributed by atoms with van der Waals surface area (Å²) in [7, 11) is 0. The molecule has 0 radical (unpaired) electrons. The van der Waals surface area contributed by atoms with E-state index in [1.165, 1.54) is 6.07 Å². The molecule has 1 aromatic heterocycles. The average molecular weight is 437 g/mol. The van der Waals surface area contributed by atoms with Crippen molar-refractivity contribution in [1.82, 2.24) is 4.57 Å². The SMILES string of the molecule is Cc1ccc(/C(C#N)=C\c2cc(C)n(-c3ccc(OCc4ccccc4F)cc3)c2C)cc1. The van der Waals surface area contributed by atoms with Crippen molar-refractivity contribution in [2.45, 2.75) is 27.4 Å². The van der Waals surface area contributed by atoms with Crippen molar-refractivity contribution in [3.8, 4) is 17.5 Å². The number of aromatic nitrogens is 1. The van der Waals surface area contributed by atoms with Crippen LogP contribution in [-0.4, -0.2) is 4.57 Å².